The molecule has 0 radical (unpaired) electrons. The van der Waals surface area contributed by atoms with Crippen LogP contribution in [0.4, 0.5) is 0 Å². The Balaban J connectivity index is 1.96. The third-order valence-electron chi connectivity index (χ3n) is 3.38. The standard InChI is InChI=1S/C18H25N3O2/c1-12(2)13-6-8-14(9-7-13)17-19-16(23-21-17)11-10-15(22)20-18(3,4)5/h6-9,12H,10-11H2,1-5H3,(H,20,22). The molecule has 0 unspecified atom stereocenters. The molecule has 1 aromatic carbocycles. The van der Waals surface area contributed by atoms with E-state index in [9.17, 15) is 4.79 Å². The lowest BCUT2D eigenvalue weighted by atomic mass is 10.0. The maximum atomic E-state index is 11.8. The molecule has 0 saturated carbocycles. The first-order chi connectivity index (χ1) is 10.7. The molecule has 1 aromatic heterocycles. The molecule has 0 spiro atoms. The van der Waals surface area contributed by atoms with Crippen LogP contribution in [0, 0.1) is 0 Å². The zero-order chi connectivity index (χ0) is 17.0. The van der Waals surface area contributed by atoms with Crippen molar-refractivity contribution in [3.05, 3.63) is 35.7 Å². The quantitative estimate of drug-likeness (QED) is 0.913. The number of hydrogen-bond acceptors (Lipinski definition) is 4. The third-order valence-corrected chi connectivity index (χ3v) is 3.38. The highest BCUT2D eigenvalue weighted by molar-refractivity contribution is 5.76. The molecule has 0 aliphatic carbocycles. The Kier molecular flexibility index (Phi) is 5.19. The van der Waals surface area contributed by atoms with Gasteiger partial charge < -0.3 is 9.84 Å². The SMILES string of the molecule is CC(C)c1ccc(-c2noc(CCC(=O)NC(C)(C)C)n2)cc1. The van der Waals surface area contributed by atoms with Gasteiger partial charge in [-0.15, -0.1) is 0 Å². The van der Waals surface area contributed by atoms with Gasteiger partial charge in [0.25, 0.3) is 0 Å². The van der Waals surface area contributed by atoms with Crippen LogP contribution in [0.3, 0.4) is 0 Å². The molecular formula is C18H25N3O2. The zero-order valence-corrected chi connectivity index (χ0v) is 14.5. The molecule has 5 heteroatoms. The molecule has 2 aromatic rings. The molecule has 1 heterocycles. The number of carbonyl (C=O) groups excluding carboxylic acids is 1. The van der Waals surface area contributed by atoms with Gasteiger partial charge in [0.15, 0.2) is 0 Å². The molecule has 23 heavy (non-hydrogen) atoms. The number of nitrogens with zero attached hydrogens (tertiary/aromatic N) is 2. The van der Waals surface area contributed by atoms with E-state index in [4.69, 9.17) is 4.52 Å². The summed E-state index contributed by atoms with van der Waals surface area (Å²) in [6, 6.07) is 8.15. The van der Waals surface area contributed by atoms with Gasteiger partial charge in [0, 0.05) is 23.9 Å². The van der Waals surface area contributed by atoms with Gasteiger partial charge in [0.05, 0.1) is 0 Å². The van der Waals surface area contributed by atoms with Crippen LogP contribution < -0.4 is 5.32 Å². The van der Waals surface area contributed by atoms with Gasteiger partial charge in [-0.2, -0.15) is 4.98 Å². The fourth-order valence-corrected chi connectivity index (χ4v) is 2.19. The lowest BCUT2D eigenvalue weighted by molar-refractivity contribution is -0.122. The Hall–Kier alpha value is -2.17. The summed E-state index contributed by atoms with van der Waals surface area (Å²) in [5.41, 5.74) is 1.97. The summed E-state index contributed by atoms with van der Waals surface area (Å²) in [7, 11) is 0. The molecule has 0 bridgehead atoms. The van der Waals surface area contributed by atoms with Crippen molar-refractivity contribution in [2.75, 3.05) is 0 Å². The molecule has 2 rings (SSSR count). The first-order valence-electron chi connectivity index (χ1n) is 7.98. The molecule has 0 aliphatic rings. The topological polar surface area (TPSA) is 68.0 Å². The predicted octanol–water partition coefficient (Wildman–Crippen LogP) is 3.71. The van der Waals surface area contributed by atoms with Crippen molar-refractivity contribution in [1.29, 1.82) is 0 Å². The summed E-state index contributed by atoms with van der Waals surface area (Å²) in [6.45, 7) is 10.2. The van der Waals surface area contributed by atoms with Crippen LogP contribution in [0.1, 0.15) is 58.4 Å². The lowest BCUT2D eigenvalue weighted by Crippen LogP contribution is -2.40. The fourth-order valence-electron chi connectivity index (χ4n) is 2.19. The zero-order valence-electron chi connectivity index (χ0n) is 14.5. The summed E-state index contributed by atoms with van der Waals surface area (Å²) in [6.07, 6.45) is 0.782. The van der Waals surface area contributed by atoms with Crippen LogP contribution in [0.2, 0.25) is 0 Å². The fraction of sp³-hybridized carbons (Fsp3) is 0.500. The summed E-state index contributed by atoms with van der Waals surface area (Å²) in [5, 5.41) is 6.91. The van der Waals surface area contributed by atoms with Crippen molar-refractivity contribution in [2.24, 2.45) is 0 Å². The van der Waals surface area contributed by atoms with Gasteiger partial charge in [0.2, 0.25) is 17.6 Å². The van der Waals surface area contributed by atoms with Gasteiger partial charge in [-0.05, 0) is 32.3 Å². The molecule has 0 fully saturated rings. The maximum Gasteiger partial charge on any atom is 0.227 e. The molecule has 0 atom stereocenters. The highest BCUT2D eigenvalue weighted by Crippen LogP contribution is 2.20. The monoisotopic (exact) mass is 315 g/mol. The molecule has 1 N–H and O–H groups in total. The average molecular weight is 315 g/mol. The van der Waals surface area contributed by atoms with Crippen molar-refractivity contribution in [2.45, 2.75) is 58.9 Å². The van der Waals surface area contributed by atoms with Crippen molar-refractivity contribution < 1.29 is 9.32 Å². The Labute approximate surface area is 137 Å². The second-order valence-corrected chi connectivity index (χ2v) is 7.09. The predicted molar refractivity (Wildman–Crippen MR) is 90.0 cm³/mol. The molecule has 124 valence electrons. The van der Waals surface area contributed by atoms with Crippen molar-refractivity contribution in [3.63, 3.8) is 0 Å². The van der Waals surface area contributed by atoms with Crippen LogP contribution in [0.25, 0.3) is 11.4 Å². The van der Waals surface area contributed by atoms with E-state index < -0.39 is 0 Å². The smallest absolute Gasteiger partial charge is 0.227 e. The van der Waals surface area contributed by atoms with Gasteiger partial charge in [0.1, 0.15) is 0 Å². The summed E-state index contributed by atoms with van der Waals surface area (Å²) < 4.78 is 5.24. The van der Waals surface area contributed by atoms with E-state index in [-0.39, 0.29) is 11.4 Å². The second-order valence-electron chi connectivity index (χ2n) is 7.09. The van der Waals surface area contributed by atoms with Crippen molar-refractivity contribution >= 4 is 5.91 Å². The van der Waals surface area contributed by atoms with Crippen LogP contribution in [0.5, 0.6) is 0 Å². The number of nitrogens with one attached hydrogen (secondary N) is 1. The Morgan fingerprint density at radius 2 is 1.87 bits per heavy atom. The minimum atomic E-state index is -0.227. The highest BCUT2D eigenvalue weighted by atomic mass is 16.5. The third kappa shape index (κ3) is 5.20. The first kappa shape index (κ1) is 17.2. The minimum Gasteiger partial charge on any atom is -0.351 e. The number of benzene rings is 1. The van der Waals surface area contributed by atoms with E-state index in [1.807, 2.05) is 32.9 Å². The Bertz CT molecular complexity index is 652. The number of aromatic nitrogens is 2. The minimum absolute atomic E-state index is 0.0152. The van der Waals surface area contributed by atoms with Crippen molar-refractivity contribution in [1.82, 2.24) is 15.5 Å². The summed E-state index contributed by atoms with van der Waals surface area (Å²) in [4.78, 5) is 16.2. The maximum absolute atomic E-state index is 11.8. The number of aryl methyl sites for hydroxylation is 1. The van der Waals surface area contributed by atoms with Crippen LogP contribution >= 0.6 is 0 Å². The van der Waals surface area contributed by atoms with Gasteiger partial charge in [-0.3, -0.25) is 4.79 Å². The summed E-state index contributed by atoms with van der Waals surface area (Å²) >= 11 is 0. The van der Waals surface area contributed by atoms with Crippen molar-refractivity contribution in [3.8, 4) is 11.4 Å². The van der Waals surface area contributed by atoms with Crippen LogP contribution in [0.15, 0.2) is 28.8 Å². The first-order valence-corrected chi connectivity index (χ1v) is 7.98. The van der Waals surface area contributed by atoms with E-state index in [1.54, 1.807) is 0 Å². The number of carbonyl (C=O) groups is 1. The number of rotatable bonds is 5. The van der Waals surface area contributed by atoms with E-state index >= 15 is 0 Å². The number of hydrogen-bond donors (Lipinski definition) is 1. The normalized spacial score (nSPS) is 11.7. The van der Waals surface area contributed by atoms with E-state index in [0.717, 1.165) is 5.56 Å². The molecule has 0 aliphatic heterocycles. The van der Waals surface area contributed by atoms with Gasteiger partial charge in [-0.25, -0.2) is 0 Å². The largest absolute Gasteiger partial charge is 0.351 e. The van der Waals surface area contributed by atoms with Crippen LogP contribution in [-0.4, -0.2) is 21.6 Å². The molecule has 5 nitrogen and oxygen atoms in total. The molecular weight excluding hydrogens is 290 g/mol. The van der Waals surface area contributed by atoms with Gasteiger partial charge in [-0.1, -0.05) is 43.3 Å². The summed E-state index contributed by atoms with van der Waals surface area (Å²) in [5.74, 6) is 1.52. The highest BCUT2D eigenvalue weighted by Gasteiger charge is 2.15. The van der Waals surface area contributed by atoms with Crippen LogP contribution in [-0.2, 0) is 11.2 Å². The molecule has 1 amide bonds. The second kappa shape index (κ2) is 6.94. The number of amides is 1. The van der Waals surface area contributed by atoms with E-state index in [2.05, 4.69) is 41.4 Å². The molecule has 0 saturated heterocycles. The van der Waals surface area contributed by atoms with E-state index in [1.165, 1.54) is 5.56 Å². The Morgan fingerprint density at radius 3 is 2.43 bits per heavy atom. The Morgan fingerprint density at radius 1 is 1.22 bits per heavy atom. The average Bonchev–Trinajstić information content (AvgIpc) is 2.92. The lowest BCUT2D eigenvalue weighted by Gasteiger charge is -2.20. The van der Waals surface area contributed by atoms with Gasteiger partial charge >= 0.3 is 0 Å². The van der Waals surface area contributed by atoms with E-state index in [0.29, 0.717) is 30.5 Å².